The molecule has 0 radical (unpaired) electrons. The van der Waals surface area contributed by atoms with Gasteiger partial charge in [0.2, 0.25) is 17.3 Å². The van der Waals surface area contributed by atoms with Crippen molar-refractivity contribution >= 4 is 22.8 Å². The lowest BCUT2D eigenvalue weighted by molar-refractivity contribution is -0.116. The normalized spacial score (nSPS) is 10.6. The van der Waals surface area contributed by atoms with Crippen molar-refractivity contribution in [2.24, 2.45) is 0 Å². The fraction of sp³-hybridized carbons (Fsp3) is 0.0833. The molecule has 3 aromatic rings. The van der Waals surface area contributed by atoms with Gasteiger partial charge in [-0.15, -0.1) is 0 Å². The number of H-pyrrole nitrogens is 1. The van der Waals surface area contributed by atoms with E-state index in [-0.39, 0.29) is 23.8 Å². The second-order valence-electron chi connectivity index (χ2n) is 4.07. The van der Waals surface area contributed by atoms with Crippen molar-refractivity contribution in [3.8, 4) is 0 Å². The summed E-state index contributed by atoms with van der Waals surface area (Å²) in [6, 6.07) is 6.99. The summed E-state index contributed by atoms with van der Waals surface area (Å²) in [5.74, 6) is -0.0524. The average Bonchev–Trinajstić information content (AvgIpc) is 2.95. The number of amides is 1. The molecule has 1 amide bonds. The fourth-order valence-corrected chi connectivity index (χ4v) is 1.86. The van der Waals surface area contributed by atoms with Crippen molar-refractivity contribution in [1.29, 1.82) is 0 Å². The highest BCUT2D eigenvalue weighted by atomic mass is 16.2. The molecule has 8 nitrogen and oxygen atoms in total. The first kappa shape index (κ1) is 12.0. The summed E-state index contributed by atoms with van der Waals surface area (Å²) in [5.41, 5.74) is 0.431. The molecule has 2 heterocycles. The number of aromatic amines is 1. The summed E-state index contributed by atoms with van der Waals surface area (Å²) in [6.07, 6.45) is 2.49. The average molecular weight is 270 g/mol. The van der Waals surface area contributed by atoms with Crippen LogP contribution in [0.1, 0.15) is 0 Å². The molecule has 2 aromatic heterocycles. The Morgan fingerprint density at radius 2 is 2.20 bits per heavy atom. The first-order chi connectivity index (χ1) is 9.74. The first-order valence-corrected chi connectivity index (χ1v) is 5.84. The number of nitrogens with one attached hydrogen (secondary N) is 2. The third kappa shape index (κ3) is 2.26. The van der Waals surface area contributed by atoms with Gasteiger partial charge in [0.1, 0.15) is 12.9 Å². The van der Waals surface area contributed by atoms with Crippen molar-refractivity contribution in [3.63, 3.8) is 0 Å². The summed E-state index contributed by atoms with van der Waals surface area (Å²) in [7, 11) is 0. The lowest BCUT2D eigenvalue weighted by Gasteiger charge is -2.08. The number of hydrogen-bond donors (Lipinski definition) is 2. The molecule has 1 aromatic carbocycles. The summed E-state index contributed by atoms with van der Waals surface area (Å²) >= 11 is 0. The Labute approximate surface area is 112 Å². The Hall–Kier alpha value is -3.03. The zero-order valence-corrected chi connectivity index (χ0v) is 10.3. The smallest absolute Gasteiger partial charge is 0.248 e. The highest BCUT2D eigenvalue weighted by molar-refractivity contribution is 5.89. The minimum atomic E-state index is -0.317. The monoisotopic (exact) mass is 270 g/mol. The highest BCUT2D eigenvalue weighted by Crippen LogP contribution is 2.07. The lowest BCUT2D eigenvalue weighted by atomic mass is 10.2. The zero-order valence-electron chi connectivity index (χ0n) is 10.3. The highest BCUT2D eigenvalue weighted by Gasteiger charge is 2.09. The third-order valence-corrected chi connectivity index (χ3v) is 2.73. The second kappa shape index (κ2) is 4.92. The number of anilines is 1. The van der Waals surface area contributed by atoms with Gasteiger partial charge >= 0.3 is 0 Å². The van der Waals surface area contributed by atoms with Crippen LogP contribution in [-0.4, -0.2) is 30.9 Å². The number of para-hydroxylation sites is 1. The van der Waals surface area contributed by atoms with Gasteiger partial charge < -0.3 is 0 Å². The number of hydrogen-bond acceptors (Lipinski definition) is 5. The van der Waals surface area contributed by atoms with E-state index >= 15 is 0 Å². The van der Waals surface area contributed by atoms with Crippen LogP contribution in [0.25, 0.3) is 10.9 Å². The molecular formula is C12H10N6O2. The molecule has 0 atom stereocenters. The van der Waals surface area contributed by atoms with E-state index in [9.17, 15) is 9.59 Å². The van der Waals surface area contributed by atoms with Crippen LogP contribution >= 0.6 is 0 Å². The van der Waals surface area contributed by atoms with Crippen molar-refractivity contribution in [1.82, 2.24) is 25.0 Å². The molecule has 100 valence electrons. The van der Waals surface area contributed by atoms with Gasteiger partial charge in [-0.25, -0.2) is 5.10 Å². The van der Waals surface area contributed by atoms with Gasteiger partial charge in [0.05, 0.1) is 11.7 Å². The quantitative estimate of drug-likeness (QED) is 0.705. The predicted molar refractivity (Wildman–Crippen MR) is 71.0 cm³/mol. The number of carbonyl (C=O) groups excluding carboxylic acids is 1. The van der Waals surface area contributed by atoms with E-state index in [1.54, 1.807) is 24.3 Å². The van der Waals surface area contributed by atoms with Crippen LogP contribution < -0.4 is 10.7 Å². The standard InChI is InChI=1S/C12H10N6O2/c19-10-5-15-18(9-4-2-1-3-8(9)10)6-11(20)16-12-13-7-14-17-12/h1-5,7H,6H2,(H2,13,14,16,17,20). The molecule has 0 saturated heterocycles. The van der Waals surface area contributed by atoms with Crippen LogP contribution in [0.4, 0.5) is 5.95 Å². The molecule has 8 heteroatoms. The number of benzene rings is 1. The van der Waals surface area contributed by atoms with Crippen molar-refractivity contribution < 1.29 is 4.79 Å². The van der Waals surface area contributed by atoms with Crippen LogP contribution in [0.5, 0.6) is 0 Å². The van der Waals surface area contributed by atoms with Gasteiger partial charge in [-0.3, -0.25) is 19.6 Å². The largest absolute Gasteiger partial charge is 0.293 e. The van der Waals surface area contributed by atoms with E-state index in [0.29, 0.717) is 10.9 Å². The van der Waals surface area contributed by atoms with E-state index in [1.165, 1.54) is 17.2 Å². The molecular weight excluding hydrogens is 260 g/mol. The van der Waals surface area contributed by atoms with Crippen LogP contribution in [0, 0.1) is 0 Å². The van der Waals surface area contributed by atoms with Gasteiger partial charge in [0.25, 0.3) is 0 Å². The minimum Gasteiger partial charge on any atom is -0.293 e. The Morgan fingerprint density at radius 3 is 3.00 bits per heavy atom. The molecule has 2 N–H and O–H groups in total. The van der Waals surface area contributed by atoms with Gasteiger partial charge in [-0.1, -0.05) is 12.1 Å². The number of nitrogens with zero attached hydrogens (tertiary/aromatic N) is 4. The predicted octanol–water partition coefficient (Wildman–Crippen LogP) is 0.153. The lowest BCUT2D eigenvalue weighted by Crippen LogP contribution is -2.22. The topological polar surface area (TPSA) is 106 Å². The maximum atomic E-state index is 11.9. The second-order valence-corrected chi connectivity index (χ2v) is 4.07. The maximum absolute atomic E-state index is 11.9. The summed E-state index contributed by atoms with van der Waals surface area (Å²) < 4.78 is 1.46. The molecule has 0 fully saturated rings. The summed E-state index contributed by atoms with van der Waals surface area (Å²) in [4.78, 5) is 27.3. The van der Waals surface area contributed by atoms with Gasteiger partial charge in [0.15, 0.2) is 0 Å². The van der Waals surface area contributed by atoms with E-state index in [1.807, 2.05) is 0 Å². The van der Waals surface area contributed by atoms with Crippen LogP contribution in [0.3, 0.4) is 0 Å². The number of fused-ring (bicyclic) bond motifs is 1. The van der Waals surface area contributed by atoms with Crippen molar-refractivity contribution in [3.05, 3.63) is 47.0 Å². The summed E-state index contributed by atoms with van der Waals surface area (Å²) in [6.45, 7) is -0.0263. The molecule has 0 spiro atoms. The van der Waals surface area contributed by atoms with Gasteiger partial charge in [0, 0.05) is 5.39 Å². The number of aromatic nitrogens is 5. The number of rotatable bonds is 3. The summed E-state index contributed by atoms with van der Waals surface area (Å²) in [5, 5.41) is 13.2. The van der Waals surface area contributed by atoms with Crippen LogP contribution in [-0.2, 0) is 11.3 Å². The molecule has 0 aliphatic rings. The molecule has 0 saturated carbocycles. The van der Waals surface area contributed by atoms with Crippen molar-refractivity contribution in [2.45, 2.75) is 6.54 Å². The Bertz CT molecular complexity index is 808. The number of carbonyl (C=O) groups is 1. The third-order valence-electron chi connectivity index (χ3n) is 2.73. The molecule has 0 aliphatic heterocycles. The molecule has 3 rings (SSSR count). The first-order valence-electron chi connectivity index (χ1n) is 5.84. The van der Waals surface area contributed by atoms with E-state index in [0.717, 1.165) is 0 Å². The zero-order chi connectivity index (χ0) is 13.9. The van der Waals surface area contributed by atoms with Crippen molar-refractivity contribution in [2.75, 3.05) is 5.32 Å². The molecule has 0 aliphatic carbocycles. The van der Waals surface area contributed by atoms with Gasteiger partial charge in [-0.05, 0) is 12.1 Å². The molecule has 20 heavy (non-hydrogen) atoms. The van der Waals surface area contributed by atoms with E-state index < -0.39 is 0 Å². The Morgan fingerprint density at radius 1 is 1.35 bits per heavy atom. The van der Waals surface area contributed by atoms with Crippen LogP contribution in [0.15, 0.2) is 41.6 Å². The Balaban J connectivity index is 1.89. The molecule has 0 unspecified atom stereocenters. The minimum absolute atomic E-state index is 0.0263. The molecule has 0 bridgehead atoms. The van der Waals surface area contributed by atoms with Crippen LogP contribution in [0.2, 0.25) is 0 Å². The van der Waals surface area contributed by atoms with E-state index in [2.05, 4.69) is 25.6 Å². The fourth-order valence-electron chi connectivity index (χ4n) is 1.86. The van der Waals surface area contributed by atoms with E-state index in [4.69, 9.17) is 0 Å². The SMILES string of the molecule is O=C(Cn1ncc(=O)c2ccccc21)Nc1ncn[nH]1. The van der Waals surface area contributed by atoms with Gasteiger partial charge in [-0.2, -0.15) is 15.2 Å². The Kier molecular flexibility index (Phi) is 2.96. The maximum Gasteiger partial charge on any atom is 0.248 e.